The first-order valence-corrected chi connectivity index (χ1v) is 15.9. The van der Waals surface area contributed by atoms with E-state index in [-0.39, 0.29) is 16.8 Å². The number of nitrogens with one attached hydrogen (secondary N) is 1. The van der Waals surface area contributed by atoms with Gasteiger partial charge in [-0.3, -0.25) is 13.9 Å². The molecule has 3 aromatic carbocycles. The number of hydrogen-bond donors (Lipinski definition) is 1. The van der Waals surface area contributed by atoms with Gasteiger partial charge in [-0.2, -0.15) is 0 Å². The van der Waals surface area contributed by atoms with Crippen molar-refractivity contribution < 1.29 is 18.0 Å². The van der Waals surface area contributed by atoms with Crippen molar-refractivity contribution in [3.63, 3.8) is 0 Å². The SMILES string of the molecule is CC[C@H](C(=O)NC1CCCC1)N(CCc1ccccc1)C(=O)CN(c1ccc(C)c(C)c1)S(=O)(=O)c1ccccc1. The lowest BCUT2D eigenvalue weighted by Crippen LogP contribution is -2.54. The van der Waals surface area contributed by atoms with Crippen molar-refractivity contribution in [3.8, 4) is 0 Å². The van der Waals surface area contributed by atoms with Crippen LogP contribution >= 0.6 is 0 Å². The third kappa shape index (κ3) is 7.55. The van der Waals surface area contributed by atoms with Crippen LogP contribution in [0.25, 0.3) is 0 Å². The van der Waals surface area contributed by atoms with E-state index in [2.05, 4.69) is 5.32 Å². The molecule has 1 aliphatic carbocycles. The Labute approximate surface area is 244 Å². The molecule has 8 heteroatoms. The van der Waals surface area contributed by atoms with Gasteiger partial charge in [0.2, 0.25) is 11.8 Å². The topological polar surface area (TPSA) is 86.8 Å². The molecule has 3 aromatic rings. The molecule has 0 aliphatic heterocycles. The summed E-state index contributed by atoms with van der Waals surface area (Å²) in [5.41, 5.74) is 3.40. The zero-order valence-corrected chi connectivity index (χ0v) is 25.1. The summed E-state index contributed by atoms with van der Waals surface area (Å²) in [6.07, 6.45) is 5.02. The van der Waals surface area contributed by atoms with Gasteiger partial charge in [0.05, 0.1) is 10.6 Å². The van der Waals surface area contributed by atoms with Crippen molar-refractivity contribution in [1.29, 1.82) is 0 Å². The number of rotatable bonds is 12. The van der Waals surface area contributed by atoms with E-state index in [0.29, 0.717) is 25.1 Å². The first-order valence-electron chi connectivity index (χ1n) is 14.5. The highest BCUT2D eigenvalue weighted by Gasteiger charge is 2.34. The van der Waals surface area contributed by atoms with E-state index in [1.807, 2.05) is 57.2 Å². The third-order valence-corrected chi connectivity index (χ3v) is 9.75. The van der Waals surface area contributed by atoms with Gasteiger partial charge in [-0.25, -0.2) is 8.42 Å². The summed E-state index contributed by atoms with van der Waals surface area (Å²) in [5, 5.41) is 3.15. The molecule has 41 heavy (non-hydrogen) atoms. The molecule has 1 N–H and O–H groups in total. The fraction of sp³-hybridized carbons (Fsp3) is 0.394. The number of amides is 2. The molecule has 0 unspecified atom stereocenters. The van der Waals surface area contributed by atoms with E-state index in [0.717, 1.165) is 42.4 Å². The minimum Gasteiger partial charge on any atom is -0.352 e. The summed E-state index contributed by atoms with van der Waals surface area (Å²) in [6, 6.07) is 22.8. The van der Waals surface area contributed by atoms with Gasteiger partial charge in [0.1, 0.15) is 12.6 Å². The first-order chi connectivity index (χ1) is 19.7. The molecule has 1 fully saturated rings. The molecule has 0 spiro atoms. The smallest absolute Gasteiger partial charge is 0.264 e. The number of nitrogens with zero attached hydrogens (tertiary/aromatic N) is 2. The van der Waals surface area contributed by atoms with E-state index in [1.165, 1.54) is 16.4 Å². The van der Waals surface area contributed by atoms with Crippen LogP contribution in [-0.4, -0.2) is 50.3 Å². The van der Waals surface area contributed by atoms with Crippen molar-refractivity contribution in [1.82, 2.24) is 10.2 Å². The van der Waals surface area contributed by atoms with Crippen LogP contribution in [0.3, 0.4) is 0 Å². The Bertz CT molecular complexity index is 1420. The van der Waals surface area contributed by atoms with Crippen LogP contribution in [0.5, 0.6) is 0 Å². The molecular formula is C33H41N3O4S. The molecule has 4 rings (SSSR count). The maximum Gasteiger partial charge on any atom is 0.264 e. The normalized spacial score (nSPS) is 14.4. The molecule has 1 atom stereocenters. The minimum atomic E-state index is -4.07. The monoisotopic (exact) mass is 575 g/mol. The second-order valence-corrected chi connectivity index (χ2v) is 12.7. The maximum atomic E-state index is 14.2. The second kappa shape index (κ2) is 13.8. The van der Waals surface area contributed by atoms with E-state index in [9.17, 15) is 18.0 Å². The Morgan fingerprint density at radius 2 is 1.54 bits per heavy atom. The van der Waals surface area contributed by atoms with Gasteiger partial charge in [-0.15, -0.1) is 0 Å². The lowest BCUT2D eigenvalue weighted by molar-refractivity contribution is -0.139. The van der Waals surface area contributed by atoms with Gasteiger partial charge in [-0.05, 0) is 80.5 Å². The molecule has 7 nitrogen and oxygen atoms in total. The van der Waals surface area contributed by atoms with E-state index in [1.54, 1.807) is 35.2 Å². The Morgan fingerprint density at radius 3 is 2.15 bits per heavy atom. The number of aryl methyl sites for hydroxylation is 2. The minimum absolute atomic E-state index is 0.105. The van der Waals surface area contributed by atoms with Crippen LogP contribution in [0.2, 0.25) is 0 Å². The standard InChI is InChI=1S/C33H41N3O4S/c1-4-31(33(38)34-28-15-11-12-16-28)35(22-21-27-13-7-5-8-14-27)32(37)24-36(29-20-19-25(2)26(3)23-29)41(39,40)30-17-9-6-10-18-30/h5-10,13-14,17-20,23,28,31H,4,11-12,15-16,21-22,24H2,1-3H3,(H,34,38)/t31-/m1/s1. The molecule has 1 aliphatic rings. The van der Waals surface area contributed by atoms with Gasteiger partial charge < -0.3 is 10.2 Å². The molecule has 1 saturated carbocycles. The van der Waals surface area contributed by atoms with Gasteiger partial charge in [0.15, 0.2) is 0 Å². The fourth-order valence-electron chi connectivity index (χ4n) is 5.39. The summed E-state index contributed by atoms with van der Waals surface area (Å²) in [5.74, 6) is -0.587. The van der Waals surface area contributed by atoms with Crippen molar-refractivity contribution in [2.24, 2.45) is 0 Å². The van der Waals surface area contributed by atoms with Crippen LogP contribution < -0.4 is 9.62 Å². The number of hydrogen-bond acceptors (Lipinski definition) is 4. The van der Waals surface area contributed by atoms with Gasteiger partial charge in [0.25, 0.3) is 10.0 Å². The van der Waals surface area contributed by atoms with Crippen LogP contribution in [0.1, 0.15) is 55.7 Å². The zero-order valence-electron chi connectivity index (χ0n) is 24.3. The van der Waals surface area contributed by atoms with E-state index < -0.39 is 28.5 Å². The Morgan fingerprint density at radius 1 is 0.902 bits per heavy atom. The summed E-state index contributed by atoms with van der Waals surface area (Å²) < 4.78 is 29.1. The predicted octanol–water partition coefficient (Wildman–Crippen LogP) is 5.41. The number of sulfonamides is 1. The molecular weight excluding hydrogens is 534 g/mol. The van der Waals surface area contributed by atoms with Crippen LogP contribution in [0.4, 0.5) is 5.69 Å². The van der Waals surface area contributed by atoms with Crippen molar-refractivity contribution in [2.75, 3.05) is 17.4 Å². The third-order valence-electron chi connectivity index (χ3n) is 7.96. The Hall–Kier alpha value is -3.65. The van der Waals surface area contributed by atoms with Gasteiger partial charge >= 0.3 is 0 Å². The first kappa shape index (κ1) is 30.3. The lowest BCUT2D eigenvalue weighted by atomic mass is 10.1. The molecule has 0 radical (unpaired) electrons. The number of carbonyl (C=O) groups excluding carboxylic acids is 2. The molecule has 218 valence electrons. The molecule has 2 amide bonds. The van der Waals surface area contributed by atoms with E-state index >= 15 is 0 Å². The number of benzene rings is 3. The van der Waals surface area contributed by atoms with Crippen LogP contribution in [0, 0.1) is 13.8 Å². The average Bonchev–Trinajstić information content (AvgIpc) is 3.49. The highest BCUT2D eigenvalue weighted by atomic mass is 32.2. The second-order valence-electron chi connectivity index (χ2n) is 10.8. The zero-order chi connectivity index (χ0) is 29.4. The molecule has 0 bridgehead atoms. The molecule has 0 saturated heterocycles. The average molecular weight is 576 g/mol. The van der Waals surface area contributed by atoms with Crippen LogP contribution in [-0.2, 0) is 26.0 Å². The van der Waals surface area contributed by atoms with Gasteiger partial charge in [0, 0.05) is 12.6 Å². The lowest BCUT2D eigenvalue weighted by Gasteiger charge is -2.34. The highest BCUT2D eigenvalue weighted by Crippen LogP contribution is 2.26. The summed E-state index contributed by atoms with van der Waals surface area (Å²) in [4.78, 5) is 29.3. The Balaban J connectivity index is 1.68. The predicted molar refractivity (Wildman–Crippen MR) is 163 cm³/mol. The van der Waals surface area contributed by atoms with Gasteiger partial charge in [-0.1, -0.05) is 74.4 Å². The molecule has 0 aromatic heterocycles. The fourth-order valence-corrected chi connectivity index (χ4v) is 6.82. The van der Waals surface area contributed by atoms with E-state index in [4.69, 9.17) is 0 Å². The Kier molecular flexibility index (Phi) is 10.2. The summed E-state index contributed by atoms with van der Waals surface area (Å²) in [6.45, 7) is 5.65. The maximum absolute atomic E-state index is 14.2. The summed E-state index contributed by atoms with van der Waals surface area (Å²) >= 11 is 0. The van der Waals surface area contributed by atoms with Crippen LogP contribution in [0.15, 0.2) is 83.8 Å². The van der Waals surface area contributed by atoms with Crippen molar-refractivity contribution >= 4 is 27.5 Å². The highest BCUT2D eigenvalue weighted by molar-refractivity contribution is 7.92. The number of carbonyl (C=O) groups is 2. The van der Waals surface area contributed by atoms with Crippen molar-refractivity contribution in [3.05, 3.63) is 95.6 Å². The van der Waals surface area contributed by atoms with Crippen molar-refractivity contribution in [2.45, 2.75) is 76.3 Å². The molecule has 0 heterocycles. The summed E-state index contributed by atoms with van der Waals surface area (Å²) in [7, 11) is -4.07. The number of anilines is 1. The largest absolute Gasteiger partial charge is 0.352 e. The quantitative estimate of drug-likeness (QED) is 0.313.